The first-order valence-corrected chi connectivity index (χ1v) is 6.69. The molecule has 5 heteroatoms. The molecule has 1 aromatic rings. The average Bonchev–Trinajstić information content (AvgIpc) is 2.37. The highest BCUT2D eigenvalue weighted by atomic mass is 16.5. The van der Waals surface area contributed by atoms with Crippen molar-refractivity contribution in [1.29, 1.82) is 0 Å². The van der Waals surface area contributed by atoms with Gasteiger partial charge < -0.3 is 15.2 Å². The van der Waals surface area contributed by atoms with Crippen molar-refractivity contribution in [3.05, 3.63) is 29.8 Å². The topological polar surface area (TPSA) is 75.6 Å². The molecule has 0 atom stereocenters. The number of aliphatic carboxylic acids is 1. The van der Waals surface area contributed by atoms with Gasteiger partial charge in [-0.25, -0.2) is 0 Å². The van der Waals surface area contributed by atoms with Crippen molar-refractivity contribution in [3.63, 3.8) is 0 Å². The van der Waals surface area contributed by atoms with Crippen LogP contribution in [-0.2, 0) is 15.0 Å². The molecule has 1 aliphatic rings. The van der Waals surface area contributed by atoms with Gasteiger partial charge in [0, 0.05) is 17.5 Å². The van der Waals surface area contributed by atoms with E-state index in [4.69, 9.17) is 9.84 Å². The van der Waals surface area contributed by atoms with Crippen LogP contribution in [0.5, 0.6) is 5.75 Å². The van der Waals surface area contributed by atoms with E-state index in [1.807, 2.05) is 24.3 Å². The van der Waals surface area contributed by atoms with E-state index in [1.54, 1.807) is 7.11 Å². The lowest BCUT2D eigenvalue weighted by molar-refractivity contribution is -0.140. The van der Waals surface area contributed by atoms with Crippen molar-refractivity contribution >= 4 is 11.9 Å². The lowest BCUT2D eigenvalue weighted by Crippen LogP contribution is -2.46. The predicted octanol–water partition coefficient (Wildman–Crippen LogP) is 1.71. The zero-order valence-corrected chi connectivity index (χ0v) is 11.5. The molecule has 1 saturated carbocycles. The molecule has 1 aromatic carbocycles. The summed E-state index contributed by atoms with van der Waals surface area (Å²) in [6, 6.07) is 7.80. The molecule has 2 N–H and O–H groups in total. The Morgan fingerprint density at radius 3 is 2.60 bits per heavy atom. The number of hydrogen-bond acceptors (Lipinski definition) is 3. The van der Waals surface area contributed by atoms with E-state index in [0.717, 1.165) is 30.6 Å². The van der Waals surface area contributed by atoms with Crippen LogP contribution in [0.25, 0.3) is 0 Å². The molecule has 5 nitrogen and oxygen atoms in total. The summed E-state index contributed by atoms with van der Waals surface area (Å²) in [5, 5.41) is 11.3. The third-order valence-corrected chi connectivity index (χ3v) is 3.92. The quantitative estimate of drug-likeness (QED) is 0.776. The lowest BCUT2D eigenvalue weighted by Gasteiger charge is -2.43. The number of carboxylic acids is 1. The molecule has 2 rings (SSSR count). The second-order valence-electron chi connectivity index (χ2n) is 5.18. The maximum absolute atomic E-state index is 11.5. The fourth-order valence-electron chi connectivity index (χ4n) is 2.70. The van der Waals surface area contributed by atoms with Gasteiger partial charge in [-0.15, -0.1) is 0 Å². The van der Waals surface area contributed by atoms with Crippen molar-refractivity contribution in [2.75, 3.05) is 13.7 Å². The minimum absolute atomic E-state index is 0.124. The van der Waals surface area contributed by atoms with Crippen molar-refractivity contribution in [1.82, 2.24) is 5.32 Å². The molecule has 108 valence electrons. The summed E-state index contributed by atoms with van der Waals surface area (Å²) in [6.45, 7) is 0.458. The molecule has 0 saturated heterocycles. The van der Waals surface area contributed by atoms with E-state index < -0.39 is 18.3 Å². The summed E-state index contributed by atoms with van der Waals surface area (Å²) in [4.78, 5) is 22.0. The highest BCUT2D eigenvalue weighted by molar-refractivity contribution is 5.93. The smallest absolute Gasteiger partial charge is 0.312 e. The monoisotopic (exact) mass is 277 g/mol. The second kappa shape index (κ2) is 5.94. The van der Waals surface area contributed by atoms with Gasteiger partial charge in [0.1, 0.15) is 12.2 Å². The van der Waals surface area contributed by atoms with Crippen LogP contribution in [0.3, 0.4) is 0 Å². The summed E-state index contributed by atoms with van der Waals surface area (Å²) in [5.41, 5.74) is 0.963. The summed E-state index contributed by atoms with van der Waals surface area (Å²) in [5.74, 6) is -0.735. The Labute approximate surface area is 117 Å². The van der Waals surface area contributed by atoms with Crippen molar-refractivity contribution < 1.29 is 19.4 Å². The highest BCUT2D eigenvalue weighted by Gasteiger charge is 2.40. The Morgan fingerprint density at radius 1 is 1.35 bits per heavy atom. The van der Waals surface area contributed by atoms with E-state index in [0.29, 0.717) is 6.54 Å². The van der Waals surface area contributed by atoms with Gasteiger partial charge in [-0.3, -0.25) is 9.59 Å². The minimum Gasteiger partial charge on any atom is -0.496 e. The molecule has 0 aliphatic heterocycles. The molecule has 20 heavy (non-hydrogen) atoms. The summed E-state index contributed by atoms with van der Waals surface area (Å²) in [6.07, 6.45) is 2.57. The van der Waals surface area contributed by atoms with Crippen LogP contribution >= 0.6 is 0 Å². The van der Waals surface area contributed by atoms with E-state index in [9.17, 15) is 9.59 Å². The van der Waals surface area contributed by atoms with Gasteiger partial charge in [0.2, 0.25) is 5.91 Å². The molecule has 0 unspecified atom stereocenters. The fourth-order valence-corrected chi connectivity index (χ4v) is 2.70. The number of rotatable bonds is 6. The zero-order valence-electron chi connectivity index (χ0n) is 11.5. The van der Waals surface area contributed by atoms with Crippen LogP contribution in [-0.4, -0.2) is 30.6 Å². The van der Waals surface area contributed by atoms with Crippen molar-refractivity contribution in [3.8, 4) is 5.75 Å². The van der Waals surface area contributed by atoms with Crippen LogP contribution in [0, 0.1) is 0 Å². The standard InChI is InChI=1S/C15H19NO4/c1-20-12-6-3-2-5-11(12)15(7-4-8-15)10-16-13(17)9-14(18)19/h2-3,5-6H,4,7-10H2,1H3,(H,16,17)(H,18,19). The minimum atomic E-state index is -1.11. The number of para-hydroxylation sites is 1. The first kappa shape index (κ1) is 14.4. The lowest BCUT2D eigenvalue weighted by atomic mass is 9.64. The van der Waals surface area contributed by atoms with E-state index in [-0.39, 0.29) is 5.41 Å². The van der Waals surface area contributed by atoms with Crippen molar-refractivity contribution in [2.45, 2.75) is 31.1 Å². The van der Waals surface area contributed by atoms with Gasteiger partial charge in [0.15, 0.2) is 0 Å². The fraction of sp³-hybridized carbons (Fsp3) is 0.467. The normalized spacial score (nSPS) is 16.1. The largest absolute Gasteiger partial charge is 0.496 e. The second-order valence-corrected chi connectivity index (χ2v) is 5.18. The molecular formula is C15H19NO4. The van der Waals surface area contributed by atoms with Crippen LogP contribution < -0.4 is 10.1 Å². The number of carbonyl (C=O) groups excluding carboxylic acids is 1. The van der Waals surface area contributed by atoms with Crippen LogP contribution in [0.1, 0.15) is 31.2 Å². The zero-order chi connectivity index (χ0) is 14.6. The highest BCUT2D eigenvalue weighted by Crippen LogP contribution is 2.46. The molecule has 0 spiro atoms. The number of methoxy groups -OCH3 is 1. The van der Waals surface area contributed by atoms with Gasteiger partial charge in [-0.1, -0.05) is 24.6 Å². The molecular weight excluding hydrogens is 258 g/mol. The van der Waals surface area contributed by atoms with Gasteiger partial charge >= 0.3 is 5.97 Å². The number of hydrogen-bond donors (Lipinski definition) is 2. The van der Waals surface area contributed by atoms with Gasteiger partial charge in [-0.05, 0) is 18.9 Å². The number of benzene rings is 1. The SMILES string of the molecule is COc1ccccc1C1(CNC(=O)CC(=O)O)CCC1. The third kappa shape index (κ3) is 2.92. The molecule has 0 heterocycles. The number of nitrogens with one attached hydrogen (secondary N) is 1. The number of ether oxygens (including phenoxy) is 1. The Hall–Kier alpha value is -2.04. The summed E-state index contributed by atoms with van der Waals surface area (Å²) >= 11 is 0. The Kier molecular flexibility index (Phi) is 4.27. The van der Waals surface area contributed by atoms with Crippen LogP contribution in [0.15, 0.2) is 24.3 Å². The Bertz CT molecular complexity index is 508. The van der Waals surface area contributed by atoms with E-state index >= 15 is 0 Å². The molecule has 0 aromatic heterocycles. The van der Waals surface area contributed by atoms with Gasteiger partial charge in [0.25, 0.3) is 0 Å². The Balaban J connectivity index is 2.10. The third-order valence-electron chi connectivity index (χ3n) is 3.92. The molecule has 1 aliphatic carbocycles. The molecule has 1 fully saturated rings. The first-order chi connectivity index (χ1) is 9.57. The van der Waals surface area contributed by atoms with Crippen molar-refractivity contribution in [2.24, 2.45) is 0 Å². The van der Waals surface area contributed by atoms with E-state index in [1.165, 1.54) is 0 Å². The molecule has 0 radical (unpaired) electrons. The van der Waals surface area contributed by atoms with Crippen LogP contribution in [0.4, 0.5) is 0 Å². The van der Waals surface area contributed by atoms with Crippen LogP contribution in [0.2, 0.25) is 0 Å². The number of carbonyl (C=O) groups is 2. The van der Waals surface area contributed by atoms with Gasteiger partial charge in [0.05, 0.1) is 7.11 Å². The molecule has 0 bridgehead atoms. The molecule has 1 amide bonds. The Morgan fingerprint density at radius 2 is 2.05 bits per heavy atom. The summed E-state index contributed by atoms with van der Waals surface area (Å²) < 4.78 is 5.39. The van der Waals surface area contributed by atoms with E-state index in [2.05, 4.69) is 5.32 Å². The maximum Gasteiger partial charge on any atom is 0.312 e. The predicted molar refractivity (Wildman–Crippen MR) is 73.8 cm³/mol. The number of carboxylic acid groups (broad SMARTS) is 1. The number of amides is 1. The first-order valence-electron chi connectivity index (χ1n) is 6.69. The summed E-state index contributed by atoms with van der Waals surface area (Å²) in [7, 11) is 1.63. The maximum atomic E-state index is 11.5. The van der Waals surface area contributed by atoms with Gasteiger partial charge in [-0.2, -0.15) is 0 Å². The average molecular weight is 277 g/mol.